The van der Waals surface area contributed by atoms with Gasteiger partial charge >= 0.3 is 12.1 Å². The number of hydrogen-bond acceptors (Lipinski definition) is 8. The number of benzene rings is 1. The third kappa shape index (κ3) is 5.42. The second kappa shape index (κ2) is 10.7. The van der Waals surface area contributed by atoms with Crippen LogP contribution in [0.4, 0.5) is 18.9 Å². The molecule has 12 heteroatoms. The molecule has 1 saturated carbocycles. The number of carboxylic acids is 1. The summed E-state index contributed by atoms with van der Waals surface area (Å²) in [5.74, 6) is 0.250. The van der Waals surface area contributed by atoms with Crippen LogP contribution in [-0.2, 0) is 10.9 Å². The van der Waals surface area contributed by atoms with Gasteiger partial charge in [-0.2, -0.15) is 13.2 Å². The first-order valence-corrected chi connectivity index (χ1v) is 14.1. The highest BCUT2D eigenvalue weighted by molar-refractivity contribution is 5.94. The second-order valence-electron chi connectivity index (χ2n) is 11.1. The molecule has 4 aromatic rings. The zero-order valence-corrected chi connectivity index (χ0v) is 22.9. The highest BCUT2D eigenvalue weighted by Gasteiger charge is 2.38. The number of aromatic nitrogens is 3. The molecule has 9 nitrogen and oxygen atoms in total. The first-order valence-electron chi connectivity index (χ1n) is 14.1. The topological polar surface area (TPSA) is 111 Å². The van der Waals surface area contributed by atoms with E-state index < -0.39 is 17.8 Å². The molecule has 7 rings (SSSR count). The van der Waals surface area contributed by atoms with E-state index in [9.17, 15) is 23.1 Å². The van der Waals surface area contributed by atoms with Crippen LogP contribution in [-0.4, -0.2) is 58.6 Å². The number of alkyl halides is 3. The predicted octanol–water partition coefficient (Wildman–Crippen LogP) is 6.20. The highest BCUT2D eigenvalue weighted by atomic mass is 19.4. The van der Waals surface area contributed by atoms with Gasteiger partial charge in [0.1, 0.15) is 23.3 Å². The van der Waals surface area contributed by atoms with Crippen molar-refractivity contribution in [3.05, 3.63) is 71.4 Å². The Morgan fingerprint density at radius 2 is 1.98 bits per heavy atom. The van der Waals surface area contributed by atoms with E-state index in [1.54, 1.807) is 6.07 Å². The molecule has 5 heterocycles. The molecule has 1 N–H and O–H groups in total. The van der Waals surface area contributed by atoms with Gasteiger partial charge in [-0.15, -0.1) is 0 Å². The fourth-order valence-corrected chi connectivity index (χ4v) is 5.58. The molecule has 0 radical (unpaired) electrons. The summed E-state index contributed by atoms with van der Waals surface area (Å²) in [6, 6.07) is 9.92. The molecule has 0 amide bonds. The summed E-state index contributed by atoms with van der Waals surface area (Å²) in [6.07, 6.45) is 2.73. The summed E-state index contributed by atoms with van der Waals surface area (Å²) in [6.45, 7) is 2.42. The van der Waals surface area contributed by atoms with E-state index in [0.29, 0.717) is 54.3 Å². The Morgan fingerprint density at radius 3 is 2.70 bits per heavy atom. The van der Waals surface area contributed by atoms with Crippen molar-refractivity contribution in [2.75, 3.05) is 31.2 Å². The van der Waals surface area contributed by atoms with Gasteiger partial charge in [0.2, 0.25) is 0 Å². The third-order valence-corrected chi connectivity index (χ3v) is 8.00. The molecule has 1 atom stereocenters. The van der Waals surface area contributed by atoms with E-state index >= 15 is 0 Å². The van der Waals surface area contributed by atoms with E-state index in [1.165, 1.54) is 18.2 Å². The Morgan fingerprint density at radius 1 is 1.14 bits per heavy atom. The van der Waals surface area contributed by atoms with Crippen molar-refractivity contribution in [1.82, 2.24) is 15.1 Å². The number of rotatable bonds is 8. The number of anilines is 1. The first-order chi connectivity index (χ1) is 20.7. The van der Waals surface area contributed by atoms with Gasteiger partial charge in [-0.3, -0.25) is 4.98 Å². The molecule has 3 fully saturated rings. The molecule has 2 saturated heterocycles. The lowest BCUT2D eigenvalue weighted by Crippen LogP contribution is -2.45. The normalized spacial score (nSPS) is 19.3. The van der Waals surface area contributed by atoms with Crippen LogP contribution in [0.1, 0.15) is 52.7 Å². The van der Waals surface area contributed by atoms with Gasteiger partial charge < -0.3 is 24.0 Å². The van der Waals surface area contributed by atoms with Crippen molar-refractivity contribution >= 4 is 28.6 Å². The summed E-state index contributed by atoms with van der Waals surface area (Å²) >= 11 is 0. The van der Waals surface area contributed by atoms with Crippen LogP contribution in [0, 0.1) is 5.92 Å². The van der Waals surface area contributed by atoms with Crippen molar-refractivity contribution < 1.29 is 37.1 Å². The number of ether oxygens (including phenoxy) is 2. The third-order valence-electron chi connectivity index (χ3n) is 8.00. The van der Waals surface area contributed by atoms with E-state index in [4.69, 9.17) is 14.0 Å². The van der Waals surface area contributed by atoms with Crippen molar-refractivity contribution in [3.8, 4) is 17.0 Å². The first kappa shape index (κ1) is 27.4. The van der Waals surface area contributed by atoms with Crippen LogP contribution >= 0.6 is 0 Å². The molecule has 222 valence electrons. The fraction of sp³-hybridized carbons (Fsp3) is 0.355. The van der Waals surface area contributed by atoms with Gasteiger partial charge in [0.25, 0.3) is 0 Å². The average molecular weight is 593 g/mol. The van der Waals surface area contributed by atoms with Gasteiger partial charge in [-0.25, -0.2) is 9.78 Å². The summed E-state index contributed by atoms with van der Waals surface area (Å²) in [7, 11) is 0. The predicted molar refractivity (Wildman–Crippen MR) is 150 cm³/mol. The van der Waals surface area contributed by atoms with Crippen LogP contribution in [0.3, 0.4) is 0 Å². The Balaban J connectivity index is 1.12. The number of pyridine rings is 2. The monoisotopic (exact) mass is 592 g/mol. The van der Waals surface area contributed by atoms with E-state index in [0.717, 1.165) is 31.1 Å². The molecule has 3 aliphatic rings. The summed E-state index contributed by atoms with van der Waals surface area (Å²) in [5, 5.41) is 14.3. The van der Waals surface area contributed by atoms with Crippen LogP contribution < -0.4 is 9.64 Å². The van der Waals surface area contributed by atoms with Crippen LogP contribution in [0.25, 0.3) is 28.2 Å². The second-order valence-corrected chi connectivity index (χ2v) is 11.1. The molecule has 0 unspecified atom stereocenters. The van der Waals surface area contributed by atoms with Crippen molar-refractivity contribution in [1.29, 1.82) is 0 Å². The molecule has 2 aliphatic heterocycles. The Bertz CT molecular complexity index is 1720. The van der Waals surface area contributed by atoms with Gasteiger partial charge in [-0.05, 0) is 43.2 Å². The van der Waals surface area contributed by atoms with Crippen molar-refractivity contribution in [2.45, 2.75) is 37.5 Å². The number of hydrogen-bond donors (Lipinski definition) is 1. The SMILES string of the molecule is O=C(O)c1cc(O[C@H]2CCOC2)c2cc(N3CC(/C=C/c4c(-c5cccnc5C(F)(F)F)noc4C4CC4)C3)ccc2n1. The van der Waals surface area contributed by atoms with Gasteiger partial charge in [0.05, 0.1) is 18.7 Å². The van der Waals surface area contributed by atoms with Crippen molar-refractivity contribution in [3.63, 3.8) is 0 Å². The number of aromatic carboxylic acids is 1. The highest BCUT2D eigenvalue weighted by Crippen LogP contribution is 2.46. The van der Waals surface area contributed by atoms with Gasteiger partial charge in [-0.1, -0.05) is 17.3 Å². The van der Waals surface area contributed by atoms with Gasteiger partial charge in [0.15, 0.2) is 11.4 Å². The number of carbonyl (C=O) groups is 1. The maximum Gasteiger partial charge on any atom is 0.434 e. The van der Waals surface area contributed by atoms with E-state index in [-0.39, 0.29) is 34.9 Å². The number of halogens is 3. The standard InChI is InChI=1S/C31H27F3N4O5/c32-31(33,34)29-22(2-1-10-35-29)27-21(28(43-37-27)18-4-5-18)7-3-17-14-38(15-17)19-6-8-24-23(12-19)26(13-25(36-24)30(39)40)42-20-9-11-41-16-20/h1-3,6-8,10,12-13,17-18,20H,4-5,9,11,14-16H2,(H,39,40)/b7-3+/t20-/m0/s1. The fourth-order valence-electron chi connectivity index (χ4n) is 5.58. The van der Waals surface area contributed by atoms with E-state index in [1.807, 2.05) is 24.3 Å². The molecule has 1 aromatic carbocycles. The molecular weight excluding hydrogens is 565 g/mol. The van der Waals surface area contributed by atoms with Gasteiger partial charge in [0, 0.05) is 65.8 Å². The van der Waals surface area contributed by atoms with Crippen molar-refractivity contribution in [2.24, 2.45) is 5.92 Å². The number of carboxylic acid groups (broad SMARTS) is 1. The zero-order valence-electron chi connectivity index (χ0n) is 22.9. The average Bonchev–Trinajstić information content (AvgIpc) is 3.51. The minimum atomic E-state index is -4.62. The Kier molecular flexibility index (Phi) is 6.80. The number of nitrogens with zero attached hydrogens (tertiary/aromatic N) is 4. The van der Waals surface area contributed by atoms with Crippen LogP contribution in [0.2, 0.25) is 0 Å². The lowest BCUT2D eigenvalue weighted by Gasteiger charge is -2.40. The molecule has 0 spiro atoms. The largest absolute Gasteiger partial charge is 0.487 e. The van der Waals surface area contributed by atoms with Crippen LogP contribution in [0.5, 0.6) is 5.75 Å². The lowest BCUT2D eigenvalue weighted by molar-refractivity contribution is -0.140. The summed E-state index contributed by atoms with van der Waals surface area (Å²) < 4.78 is 58.3. The molecule has 0 bridgehead atoms. The summed E-state index contributed by atoms with van der Waals surface area (Å²) in [5.41, 5.74) is 1.01. The Hall–Kier alpha value is -4.45. The minimum Gasteiger partial charge on any atom is -0.487 e. The van der Waals surface area contributed by atoms with E-state index in [2.05, 4.69) is 20.0 Å². The maximum atomic E-state index is 13.7. The quantitative estimate of drug-likeness (QED) is 0.256. The maximum absolute atomic E-state index is 13.7. The smallest absolute Gasteiger partial charge is 0.434 e. The zero-order chi connectivity index (χ0) is 29.7. The molecule has 1 aliphatic carbocycles. The minimum absolute atomic E-state index is 0.0874. The molecular formula is C31H27F3N4O5. The Labute approximate surface area is 243 Å². The van der Waals surface area contributed by atoms with Crippen LogP contribution in [0.15, 0.2) is 53.2 Å². The lowest BCUT2D eigenvalue weighted by atomic mass is 9.95. The summed E-state index contributed by atoms with van der Waals surface area (Å²) in [4.78, 5) is 21.7. The molecule has 3 aromatic heterocycles. The molecule has 43 heavy (non-hydrogen) atoms. The number of fused-ring (bicyclic) bond motifs is 1.